The van der Waals surface area contributed by atoms with Gasteiger partial charge in [-0.1, -0.05) is 6.92 Å². The number of aliphatic hydroxyl groups is 1. The number of amides is 1. The first kappa shape index (κ1) is 16.7. The molecule has 130 valence electrons. The third-order valence-corrected chi connectivity index (χ3v) is 4.44. The Kier molecular flexibility index (Phi) is 4.45. The summed E-state index contributed by atoms with van der Waals surface area (Å²) >= 11 is 0. The fourth-order valence-corrected chi connectivity index (χ4v) is 2.90. The molecule has 1 atom stereocenters. The zero-order valence-corrected chi connectivity index (χ0v) is 14.5. The summed E-state index contributed by atoms with van der Waals surface area (Å²) in [7, 11) is 1.79. The molecule has 1 unspecified atom stereocenters. The largest absolute Gasteiger partial charge is 0.383 e. The van der Waals surface area contributed by atoms with Crippen molar-refractivity contribution in [3.8, 4) is 0 Å². The quantitative estimate of drug-likeness (QED) is 0.806. The van der Waals surface area contributed by atoms with Crippen LogP contribution in [0.4, 0.5) is 0 Å². The number of carbonyl (C=O) groups excluding carboxylic acids is 1. The molecule has 0 saturated heterocycles. The molecule has 2 aromatic rings. The molecule has 0 radical (unpaired) electrons. The van der Waals surface area contributed by atoms with Crippen molar-refractivity contribution < 1.29 is 9.90 Å². The summed E-state index contributed by atoms with van der Waals surface area (Å²) in [6, 6.07) is 0. The van der Waals surface area contributed by atoms with Crippen LogP contribution in [-0.2, 0) is 19.2 Å². The zero-order chi connectivity index (χ0) is 17.3. The Labute approximate surface area is 141 Å². The van der Waals surface area contributed by atoms with E-state index in [1.54, 1.807) is 37.2 Å². The Morgan fingerprint density at radius 3 is 2.75 bits per heavy atom. The maximum absolute atomic E-state index is 12.6. The molecule has 1 aliphatic rings. The molecule has 0 bridgehead atoms. The van der Waals surface area contributed by atoms with Gasteiger partial charge in [0.2, 0.25) is 0 Å². The minimum Gasteiger partial charge on any atom is -0.383 e. The SMILES string of the molecule is CCCn1ncc(C(=O)NCC(C)(O)c2cnn(C)c2)c1C1CC1. The molecule has 24 heavy (non-hydrogen) atoms. The van der Waals surface area contributed by atoms with Gasteiger partial charge in [0.15, 0.2) is 0 Å². The number of nitrogens with one attached hydrogen (secondary N) is 1. The smallest absolute Gasteiger partial charge is 0.254 e. The summed E-state index contributed by atoms with van der Waals surface area (Å²) in [5.41, 5.74) is 1.18. The summed E-state index contributed by atoms with van der Waals surface area (Å²) in [6.07, 6.45) is 8.23. The summed E-state index contributed by atoms with van der Waals surface area (Å²) < 4.78 is 3.58. The molecule has 3 rings (SSSR count). The van der Waals surface area contributed by atoms with Crippen LogP contribution in [0.25, 0.3) is 0 Å². The maximum Gasteiger partial charge on any atom is 0.254 e. The van der Waals surface area contributed by atoms with Crippen molar-refractivity contribution in [2.75, 3.05) is 6.54 Å². The topological polar surface area (TPSA) is 85.0 Å². The van der Waals surface area contributed by atoms with Gasteiger partial charge in [0, 0.05) is 31.3 Å². The second-order valence-corrected chi connectivity index (χ2v) is 6.80. The highest BCUT2D eigenvalue weighted by Gasteiger charge is 2.33. The fraction of sp³-hybridized carbons (Fsp3) is 0.588. The average Bonchev–Trinajstić information content (AvgIpc) is 3.13. The van der Waals surface area contributed by atoms with Gasteiger partial charge in [-0.15, -0.1) is 0 Å². The van der Waals surface area contributed by atoms with E-state index in [1.165, 1.54) is 0 Å². The predicted molar refractivity (Wildman–Crippen MR) is 89.6 cm³/mol. The number of hydrogen-bond donors (Lipinski definition) is 2. The average molecular weight is 331 g/mol. The van der Waals surface area contributed by atoms with Gasteiger partial charge < -0.3 is 10.4 Å². The van der Waals surface area contributed by atoms with Crippen LogP contribution in [0.3, 0.4) is 0 Å². The van der Waals surface area contributed by atoms with Gasteiger partial charge in [-0.2, -0.15) is 10.2 Å². The minimum atomic E-state index is -1.16. The zero-order valence-electron chi connectivity index (χ0n) is 14.5. The van der Waals surface area contributed by atoms with Gasteiger partial charge in [-0.05, 0) is 26.2 Å². The number of carbonyl (C=O) groups is 1. The van der Waals surface area contributed by atoms with E-state index in [2.05, 4.69) is 22.4 Å². The van der Waals surface area contributed by atoms with E-state index in [9.17, 15) is 9.90 Å². The van der Waals surface area contributed by atoms with Crippen LogP contribution in [0.5, 0.6) is 0 Å². The Morgan fingerprint density at radius 1 is 1.42 bits per heavy atom. The van der Waals surface area contributed by atoms with Crippen LogP contribution in [0.1, 0.15) is 60.6 Å². The molecular formula is C17H25N5O2. The molecule has 1 amide bonds. The van der Waals surface area contributed by atoms with Gasteiger partial charge in [0.05, 0.1) is 30.2 Å². The monoisotopic (exact) mass is 331 g/mol. The third-order valence-electron chi connectivity index (χ3n) is 4.44. The molecule has 2 N–H and O–H groups in total. The van der Waals surface area contributed by atoms with Crippen LogP contribution in [0.15, 0.2) is 18.6 Å². The van der Waals surface area contributed by atoms with Crippen molar-refractivity contribution in [1.29, 1.82) is 0 Å². The Hall–Kier alpha value is -2.15. The van der Waals surface area contributed by atoms with Gasteiger partial charge in [0.25, 0.3) is 5.91 Å². The number of hydrogen-bond acceptors (Lipinski definition) is 4. The van der Waals surface area contributed by atoms with Crippen molar-refractivity contribution >= 4 is 5.91 Å². The molecule has 1 fully saturated rings. The van der Waals surface area contributed by atoms with Gasteiger partial charge >= 0.3 is 0 Å². The van der Waals surface area contributed by atoms with E-state index in [4.69, 9.17) is 0 Å². The summed E-state index contributed by atoms with van der Waals surface area (Å²) in [4.78, 5) is 12.6. The van der Waals surface area contributed by atoms with Crippen LogP contribution < -0.4 is 5.32 Å². The first-order valence-electron chi connectivity index (χ1n) is 8.47. The Balaban J connectivity index is 1.71. The molecule has 7 heteroatoms. The van der Waals surface area contributed by atoms with Crippen molar-refractivity contribution in [2.24, 2.45) is 7.05 Å². The molecule has 1 saturated carbocycles. The molecule has 2 heterocycles. The van der Waals surface area contributed by atoms with Crippen molar-refractivity contribution in [1.82, 2.24) is 24.9 Å². The van der Waals surface area contributed by atoms with E-state index in [1.807, 2.05) is 4.68 Å². The number of nitrogens with zero attached hydrogens (tertiary/aromatic N) is 4. The molecule has 2 aromatic heterocycles. The van der Waals surface area contributed by atoms with E-state index >= 15 is 0 Å². The van der Waals surface area contributed by atoms with Crippen molar-refractivity contribution in [3.05, 3.63) is 35.4 Å². The van der Waals surface area contributed by atoms with Crippen LogP contribution in [-0.4, -0.2) is 37.1 Å². The summed E-state index contributed by atoms with van der Waals surface area (Å²) in [6.45, 7) is 4.73. The van der Waals surface area contributed by atoms with Gasteiger partial charge in [-0.25, -0.2) is 0 Å². The third kappa shape index (κ3) is 3.36. The van der Waals surface area contributed by atoms with Crippen LogP contribution >= 0.6 is 0 Å². The normalized spacial score (nSPS) is 16.8. The number of aryl methyl sites for hydroxylation is 2. The molecular weight excluding hydrogens is 306 g/mol. The van der Waals surface area contributed by atoms with E-state index in [0.717, 1.165) is 31.5 Å². The molecule has 0 aromatic carbocycles. The van der Waals surface area contributed by atoms with Gasteiger partial charge in [0.1, 0.15) is 5.60 Å². The highest BCUT2D eigenvalue weighted by atomic mass is 16.3. The summed E-state index contributed by atoms with van der Waals surface area (Å²) in [5, 5.41) is 21.9. The van der Waals surface area contributed by atoms with Gasteiger partial charge in [-0.3, -0.25) is 14.2 Å². The highest BCUT2D eigenvalue weighted by Crippen LogP contribution is 2.41. The van der Waals surface area contributed by atoms with Crippen LogP contribution in [0, 0.1) is 0 Å². The van der Waals surface area contributed by atoms with Crippen LogP contribution in [0.2, 0.25) is 0 Å². The molecule has 7 nitrogen and oxygen atoms in total. The number of aromatic nitrogens is 4. The molecule has 0 aliphatic heterocycles. The summed E-state index contributed by atoms with van der Waals surface area (Å²) in [5.74, 6) is 0.266. The highest BCUT2D eigenvalue weighted by molar-refractivity contribution is 5.95. The molecule has 1 aliphatic carbocycles. The Bertz CT molecular complexity index is 727. The lowest BCUT2D eigenvalue weighted by molar-refractivity contribution is 0.0525. The van der Waals surface area contributed by atoms with Crippen molar-refractivity contribution in [3.63, 3.8) is 0 Å². The maximum atomic E-state index is 12.6. The fourth-order valence-electron chi connectivity index (χ4n) is 2.90. The second-order valence-electron chi connectivity index (χ2n) is 6.80. The predicted octanol–water partition coefficient (Wildman–Crippen LogP) is 1.54. The first-order chi connectivity index (χ1) is 11.4. The van der Waals surface area contributed by atoms with E-state index in [0.29, 0.717) is 17.0 Å². The lowest BCUT2D eigenvalue weighted by Crippen LogP contribution is -2.38. The van der Waals surface area contributed by atoms with Crippen molar-refractivity contribution in [2.45, 2.75) is 51.2 Å². The van der Waals surface area contributed by atoms with E-state index < -0.39 is 5.60 Å². The minimum absolute atomic E-state index is 0.126. The molecule has 0 spiro atoms. The standard InChI is InChI=1S/C17H25N5O2/c1-4-7-22-15(12-5-6-12)14(9-20-22)16(23)18-11-17(2,24)13-8-19-21(3)10-13/h8-10,12,24H,4-7,11H2,1-3H3,(H,18,23). The number of rotatable bonds is 7. The lowest BCUT2D eigenvalue weighted by atomic mass is 9.99. The lowest BCUT2D eigenvalue weighted by Gasteiger charge is -2.22. The van der Waals surface area contributed by atoms with E-state index in [-0.39, 0.29) is 12.5 Å². The Morgan fingerprint density at radius 2 is 2.17 bits per heavy atom. The second kappa shape index (κ2) is 6.39. The first-order valence-corrected chi connectivity index (χ1v) is 8.47.